The molecule has 27 heavy (non-hydrogen) atoms. The van der Waals surface area contributed by atoms with Crippen LogP contribution in [0.15, 0.2) is 73.3 Å². The molecule has 0 spiro atoms. The van der Waals surface area contributed by atoms with Gasteiger partial charge in [-0.15, -0.1) is 0 Å². The van der Waals surface area contributed by atoms with E-state index < -0.39 is 0 Å². The third-order valence-corrected chi connectivity index (χ3v) is 4.56. The van der Waals surface area contributed by atoms with Crippen LogP contribution in [0.25, 0.3) is 33.1 Å². The Balaban J connectivity index is 1.60. The Bertz CT molecular complexity index is 1200. The number of benzene rings is 2. The molecule has 0 aliphatic carbocycles. The van der Waals surface area contributed by atoms with Crippen LogP contribution in [0.5, 0.6) is 5.88 Å². The second-order valence-electron chi connectivity index (χ2n) is 6.28. The number of aromatic nitrogens is 5. The Morgan fingerprint density at radius 3 is 2.67 bits per heavy atom. The molecule has 3 aromatic heterocycles. The van der Waals surface area contributed by atoms with Gasteiger partial charge in [-0.2, -0.15) is 5.10 Å². The number of para-hydroxylation sites is 1. The van der Waals surface area contributed by atoms with Gasteiger partial charge in [0.1, 0.15) is 24.8 Å². The Kier molecular flexibility index (Phi) is 3.79. The first-order chi connectivity index (χ1) is 13.4. The number of nitrogens with one attached hydrogen (secondary N) is 1. The number of aromatic amines is 1. The number of fused-ring (bicyclic) bond motifs is 3. The van der Waals surface area contributed by atoms with Crippen LogP contribution in [0.4, 0.5) is 0 Å². The summed E-state index contributed by atoms with van der Waals surface area (Å²) in [6, 6.07) is 20.5. The van der Waals surface area contributed by atoms with Crippen LogP contribution in [0.1, 0.15) is 0 Å². The third-order valence-electron chi connectivity index (χ3n) is 4.56. The molecule has 0 amide bonds. The number of H-pyrrole nitrogens is 1. The minimum Gasteiger partial charge on any atom is -0.474 e. The van der Waals surface area contributed by atoms with E-state index in [1.165, 1.54) is 6.33 Å². The highest BCUT2D eigenvalue weighted by Gasteiger charge is 2.14. The third kappa shape index (κ3) is 2.91. The zero-order valence-corrected chi connectivity index (χ0v) is 14.5. The van der Waals surface area contributed by atoms with E-state index in [4.69, 9.17) is 9.72 Å². The Hall–Kier alpha value is -3.67. The summed E-state index contributed by atoms with van der Waals surface area (Å²) in [5, 5.41) is 6.37. The second kappa shape index (κ2) is 6.57. The molecule has 0 aliphatic rings. The molecule has 6 heteroatoms. The van der Waals surface area contributed by atoms with Gasteiger partial charge in [0.05, 0.1) is 12.2 Å². The van der Waals surface area contributed by atoms with E-state index in [1.807, 2.05) is 30.3 Å². The summed E-state index contributed by atoms with van der Waals surface area (Å²) in [5.74, 6) is 0.600. The molecule has 0 aliphatic heterocycles. The molecule has 1 N–H and O–H groups in total. The molecule has 2 aromatic carbocycles. The molecule has 0 saturated heterocycles. The maximum Gasteiger partial charge on any atom is 0.239 e. The van der Waals surface area contributed by atoms with Gasteiger partial charge in [-0.25, -0.2) is 14.6 Å². The summed E-state index contributed by atoms with van der Waals surface area (Å²) >= 11 is 0. The fraction of sp³-hybridized carbons (Fsp3) is 0.0952. The molecule has 5 aromatic rings. The Morgan fingerprint density at radius 2 is 1.81 bits per heavy atom. The highest BCUT2D eigenvalue weighted by Crippen LogP contribution is 2.34. The lowest BCUT2D eigenvalue weighted by Gasteiger charge is -2.09. The first-order valence-electron chi connectivity index (χ1n) is 8.80. The number of hydrogen-bond donors (Lipinski definition) is 1. The van der Waals surface area contributed by atoms with Crippen molar-refractivity contribution in [1.29, 1.82) is 0 Å². The van der Waals surface area contributed by atoms with E-state index in [9.17, 15) is 0 Å². The van der Waals surface area contributed by atoms with Gasteiger partial charge in [0, 0.05) is 21.9 Å². The zero-order valence-electron chi connectivity index (χ0n) is 14.5. The summed E-state index contributed by atoms with van der Waals surface area (Å²) in [7, 11) is 0. The van der Waals surface area contributed by atoms with Gasteiger partial charge in [-0.05, 0) is 12.1 Å². The fourth-order valence-electron chi connectivity index (χ4n) is 3.26. The van der Waals surface area contributed by atoms with Crippen molar-refractivity contribution in [1.82, 2.24) is 24.7 Å². The van der Waals surface area contributed by atoms with Crippen molar-refractivity contribution < 1.29 is 4.74 Å². The Morgan fingerprint density at radius 1 is 0.963 bits per heavy atom. The number of rotatable bonds is 5. The minimum absolute atomic E-state index is 0.457. The largest absolute Gasteiger partial charge is 0.474 e. The quantitative estimate of drug-likeness (QED) is 0.516. The van der Waals surface area contributed by atoms with Gasteiger partial charge in [0.2, 0.25) is 5.88 Å². The minimum atomic E-state index is 0.457. The van der Waals surface area contributed by atoms with Crippen molar-refractivity contribution in [3.8, 4) is 17.1 Å². The van der Waals surface area contributed by atoms with Crippen molar-refractivity contribution in [3.05, 3.63) is 73.3 Å². The predicted molar refractivity (Wildman–Crippen MR) is 105 cm³/mol. The molecule has 0 saturated carbocycles. The highest BCUT2D eigenvalue weighted by molar-refractivity contribution is 6.09. The molecule has 0 radical (unpaired) electrons. The standard InChI is InChI=1S/C21H17N5O/c1-2-6-15(7-3-1)19-12-17-16-8-4-5-9-18(16)24-20(17)21(25-19)27-11-10-26-14-22-13-23-26/h1-9,12-14,24H,10-11H2. The van der Waals surface area contributed by atoms with E-state index in [2.05, 4.69) is 45.4 Å². The summed E-state index contributed by atoms with van der Waals surface area (Å²) in [5.41, 5.74) is 3.93. The maximum atomic E-state index is 6.05. The van der Waals surface area contributed by atoms with E-state index in [0.29, 0.717) is 19.0 Å². The molecule has 3 heterocycles. The number of hydrogen-bond acceptors (Lipinski definition) is 4. The van der Waals surface area contributed by atoms with Gasteiger partial charge < -0.3 is 9.72 Å². The van der Waals surface area contributed by atoms with Gasteiger partial charge in [-0.1, -0.05) is 48.5 Å². The lowest BCUT2D eigenvalue weighted by atomic mass is 10.1. The topological polar surface area (TPSA) is 68.6 Å². The summed E-state index contributed by atoms with van der Waals surface area (Å²) in [6.45, 7) is 1.07. The second-order valence-corrected chi connectivity index (χ2v) is 6.28. The van der Waals surface area contributed by atoms with Crippen molar-refractivity contribution in [2.75, 3.05) is 6.61 Å². The van der Waals surface area contributed by atoms with Crippen LogP contribution in [0.3, 0.4) is 0 Å². The van der Waals surface area contributed by atoms with E-state index in [0.717, 1.165) is 33.1 Å². The van der Waals surface area contributed by atoms with Crippen LogP contribution in [0.2, 0.25) is 0 Å². The van der Waals surface area contributed by atoms with Crippen molar-refractivity contribution in [2.45, 2.75) is 6.54 Å². The van der Waals surface area contributed by atoms with Gasteiger partial charge in [0.25, 0.3) is 0 Å². The van der Waals surface area contributed by atoms with Crippen LogP contribution >= 0.6 is 0 Å². The molecule has 0 bridgehead atoms. The molecular formula is C21H17N5O. The monoisotopic (exact) mass is 355 g/mol. The van der Waals surface area contributed by atoms with Crippen LogP contribution in [-0.2, 0) is 6.54 Å². The number of ether oxygens (including phenoxy) is 1. The smallest absolute Gasteiger partial charge is 0.239 e. The zero-order chi connectivity index (χ0) is 18.1. The van der Waals surface area contributed by atoms with Crippen LogP contribution in [-0.4, -0.2) is 31.3 Å². The van der Waals surface area contributed by atoms with Crippen LogP contribution in [0, 0.1) is 0 Å². The lowest BCUT2D eigenvalue weighted by Crippen LogP contribution is -2.09. The molecule has 5 rings (SSSR count). The van der Waals surface area contributed by atoms with Crippen molar-refractivity contribution >= 4 is 21.8 Å². The number of pyridine rings is 1. The SMILES string of the molecule is c1ccc(-c2cc3c([nH]c4ccccc43)c(OCCn3cncn3)n2)cc1. The molecule has 0 unspecified atom stereocenters. The van der Waals surface area contributed by atoms with Gasteiger partial charge >= 0.3 is 0 Å². The van der Waals surface area contributed by atoms with Crippen molar-refractivity contribution in [3.63, 3.8) is 0 Å². The summed E-state index contributed by atoms with van der Waals surface area (Å²) in [6.07, 6.45) is 3.19. The lowest BCUT2D eigenvalue weighted by molar-refractivity contribution is 0.284. The Labute approximate surface area is 155 Å². The predicted octanol–water partition coefficient (Wildman–Crippen LogP) is 4.05. The first kappa shape index (κ1) is 15.6. The highest BCUT2D eigenvalue weighted by atomic mass is 16.5. The van der Waals surface area contributed by atoms with Crippen molar-refractivity contribution in [2.24, 2.45) is 0 Å². The first-order valence-corrected chi connectivity index (χ1v) is 8.80. The van der Waals surface area contributed by atoms with Gasteiger partial charge in [0.15, 0.2) is 0 Å². The molecule has 6 nitrogen and oxygen atoms in total. The van der Waals surface area contributed by atoms with Crippen LogP contribution < -0.4 is 4.74 Å². The van der Waals surface area contributed by atoms with E-state index >= 15 is 0 Å². The van der Waals surface area contributed by atoms with E-state index in [-0.39, 0.29) is 0 Å². The summed E-state index contributed by atoms with van der Waals surface area (Å²) < 4.78 is 7.79. The van der Waals surface area contributed by atoms with Gasteiger partial charge in [-0.3, -0.25) is 0 Å². The average Bonchev–Trinajstić information content (AvgIpc) is 3.36. The molecular weight excluding hydrogens is 338 g/mol. The maximum absolute atomic E-state index is 6.05. The molecule has 0 atom stereocenters. The van der Waals surface area contributed by atoms with E-state index in [1.54, 1.807) is 11.0 Å². The molecule has 132 valence electrons. The average molecular weight is 355 g/mol. The number of nitrogens with zero attached hydrogens (tertiary/aromatic N) is 4. The normalized spacial score (nSPS) is 11.3. The summed E-state index contributed by atoms with van der Waals surface area (Å²) in [4.78, 5) is 12.2. The fourth-order valence-corrected chi connectivity index (χ4v) is 3.26. The molecule has 0 fully saturated rings.